The van der Waals surface area contributed by atoms with Crippen LogP contribution in [0.1, 0.15) is 5.56 Å². The molecule has 2 N–H and O–H groups in total. The van der Waals surface area contributed by atoms with Crippen LogP contribution in [0.4, 0.5) is 10.2 Å². The summed E-state index contributed by atoms with van der Waals surface area (Å²) in [4.78, 5) is 0. The Kier molecular flexibility index (Phi) is 3.30. The van der Waals surface area contributed by atoms with E-state index in [9.17, 15) is 4.39 Å². The molecule has 0 saturated heterocycles. The lowest BCUT2D eigenvalue weighted by atomic mass is 10.2. The van der Waals surface area contributed by atoms with E-state index in [0.717, 1.165) is 4.47 Å². The summed E-state index contributed by atoms with van der Waals surface area (Å²) >= 11 is 6.46. The van der Waals surface area contributed by atoms with Crippen molar-refractivity contribution >= 4 is 37.7 Å². The number of anilines is 1. The van der Waals surface area contributed by atoms with Crippen molar-refractivity contribution < 1.29 is 4.39 Å². The second-order valence-electron chi connectivity index (χ2n) is 3.30. The number of nitrogens with two attached hydrogens (primary N) is 1. The van der Waals surface area contributed by atoms with Crippen molar-refractivity contribution in [2.75, 3.05) is 5.73 Å². The van der Waals surface area contributed by atoms with Crippen LogP contribution in [0, 0.1) is 5.82 Å². The third kappa shape index (κ3) is 2.44. The van der Waals surface area contributed by atoms with Gasteiger partial charge in [-0.15, -0.1) is 0 Å². The number of benzene rings is 1. The van der Waals surface area contributed by atoms with E-state index < -0.39 is 0 Å². The number of hydrogen-bond acceptors (Lipinski definition) is 2. The fourth-order valence-electron chi connectivity index (χ4n) is 1.32. The average molecular weight is 349 g/mol. The first-order valence-corrected chi connectivity index (χ1v) is 6.07. The largest absolute Gasteiger partial charge is 0.381 e. The monoisotopic (exact) mass is 347 g/mol. The van der Waals surface area contributed by atoms with E-state index in [-0.39, 0.29) is 5.82 Å². The second-order valence-corrected chi connectivity index (χ2v) is 5.07. The molecule has 0 aliphatic carbocycles. The third-order valence-electron chi connectivity index (χ3n) is 2.09. The smallest absolute Gasteiger partial charge is 0.159 e. The number of hydrogen-bond donors (Lipinski definition) is 1. The number of nitrogens with zero attached hydrogens (tertiary/aromatic N) is 2. The molecule has 0 saturated carbocycles. The van der Waals surface area contributed by atoms with Gasteiger partial charge in [-0.2, -0.15) is 5.10 Å². The zero-order valence-corrected chi connectivity index (χ0v) is 11.3. The summed E-state index contributed by atoms with van der Waals surface area (Å²) in [7, 11) is 0. The van der Waals surface area contributed by atoms with E-state index in [2.05, 4.69) is 37.0 Å². The minimum absolute atomic E-state index is 0.264. The number of nitrogen functional groups attached to an aromatic ring is 1. The van der Waals surface area contributed by atoms with E-state index in [4.69, 9.17) is 5.73 Å². The molecule has 0 atom stereocenters. The fourth-order valence-corrected chi connectivity index (χ4v) is 1.97. The maximum atomic E-state index is 13.5. The summed E-state index contributed by atoms with van der Waals surface area (Å²) in [5, 5.41) is 4.04. The lowest BCUT2D eigenvalue weighted by molar-refractivity contribution is 0.585. The van der Waals surface area contributed by atoms with E-state index in [1.807, 2.05) is 0 Å². The average Bonchev–Trinajstić information content (AvgIpc) is 2.51. The molecule has 2 rings (SSSR count). The van der Waals surface area contributed by atoms with Crippen molar-refractivity contribution in [1.82, 2.24) is 9.78 Å². The van der Waals surface area contributed by atoms with Crippen molar-refractivity contribution in [2.45, 2.75) is 6.54 Å². The van der Waals surface area contributed by atoms with E-state index in [0.29, 0.717) is 22.4 Å². The normalized spacial score (nSPS) is 10.7. The Balaban J connectivity index is 2.27. The molecule has 3 nitrogen and oxygen atoms in total. The maximum Gasteiger partial charge on any atom is 0.159 e. The lowest BCUT2D eigenvalue weighted by Crippen LogP contribution is -2.03. The quantitative estimate of drug-likeness (QED) is 0.905. The Hall–Kier alpha value is -0.880. The van der Waals surface area contributed by atoms with Crippen molar-refractivity contribution in [1.29, 1.82) is 0 Å². The predicted octanol–water partition coefficient (Wildman–Crippen LogP) is 3.18. The van der Waals surface area contributed by atoms with E-state index in [1.54, 1.807) is 23.0 Å². The Bertz CT molecular complexity index is 505. The van der Waals surface area contributed by atoms with Crippen LogP contribution in [-0.4, -0.2) is 9.78 Å². The molecule has 0 spiro atoms. The molecule has 0 amide bonds. The van der Waals surface area contributed by atoms with Crippen molar-refractivity contribution in [3.8, 4) is 0 Å². The molecule has 84 valence electrons. The van der Waals surface area contributed by atoms with Gasteiger partial charge in [-0.05, 0) is 28.1 Å². The molecule has 0 radical (unpaired) electrons. The van der Waals surface area contributed by atoms with Crippen LogP contribution in [0.2, 0.25) is 0 Å². The summed E-state index contributed by atoms with van der Waals surface area (Å²) < 4.78 is 16.5. The third-order valence-corrected chi connectivity index (χ3v) is 3.19. The Morgan fingerprint density at radius 2 is 2.12 bits per heavy atom. The molecule has 1 heterocycles. The summed E-state index contributed by atoms with van der Waals surface area (Å²) in [6.45, 7) is 0.356. The highest BCUT2D eigenvalue weighted by Gasteiger charge is 2.06. The van der Waals surface area contributed by atoms with Gasteiger partial charge in [0.05, 0.1) is 11.0 Å². The molecular weight excluding hydrogens is 341 g/mol. The van der Waals surface area contributed by atoms with Crippen LogP contribution in [-0.2, 0) is 6.54 Å². The molecule has 16 heavy (non-hydrogen) atoms. The van der Waals surface area contributed by atoms with Gasteiger partial charge in [-0.1, -0.05) is 22.0 Å². The maximum absolute atomic E-state index is 13.5. The SMILES string of the molecule is Nc1nn(Cc2ccc(Br)cc2F)cc1Br. The highest BCUT2D eigenvalue weighted by atomic mass is 79.9. The minimum atomic E-state index is -0.264. The summed E-state index contributed by atoms with van der Waals surface area (Å²) in [5.74, 6) is 0.136. The molecule has 0 aliphatic heterocycles. The van der Waals surface area contributed by atoms with Gasteiger partial charge in [0, 0.05) is 16.2 Å². The zero-order valence-electron chi connectivity index (χ0n) is 8.12. The Morgan fingerprint density at radius 1 is 1.38 bits per heavy atom. The number of halogens is 3. The number of aromatic nitrogens is 2. The Morgan fingerprint density at radius 3 is 2.69 bits per heavy atom. The molecule has 1 aromatic carbocycles. The summed E-state index contributed by atoms with van der Waals surface area (Å²) in [6.07, 6.45) is 1.72. The summed E-state index contributed by atoms with van der Waals surface area (Å²) in [6, 6.07) is 4.93. The Labute approximate surface area is 109 Å². The van der Waals surface area contributed by atoms with Crippen LogP contribution in [0.25, 0.3) is 0 Å². The van der Waals surface area contributed by atoms with Crippen LogP contribution >= 0.6 is 31.9 Å². The molecule has 1 aromatic heterocycles. The van der Waals surface area contributed by atoms with Crippen LogP contribution in [0.3, 0.4) is 0 Å². The zero-order chi connectivity index (χ0) is 11.7. The van der Waals surface area contributed by atoms with Crippen LogP contribution in [0.5, 0.6) is 0 Å². The standard InChI is InChI=1S/C10H8Br2FN3/c11-7-2-1-6(9(13)3-7)4-16-5-8(12)10(14)15-16/h1-3,5H,4H2,(H2,14,15). The molecule has 0 aliphatic rings. The van der Waals surface area contributed by atoms with Gasteiger partial charge < -0.3 is 5.73 Å². The van der Waals surface area contributed by atoms with Crippen LogP contribution in [0.15, 0.2) is 33.3 Å². The van der Waals surface area contributed by atoms with E-state index in [1.165, 1.54) is 6.07 Å². The van der Waals surface area contributed by atoms with E-state index >= 15 is 0 Å². The van der Waals surface area contributed by atoms with Gasteiger partial charge >= 0.3 is 0 Å². The topological polar surface area (TPSA) is 43.8 Å². The van der Waals surface area contributed by atoms with Gasteiger partial charge in [0.1, 0.15) is 5.82 Å². The lowest BCUT2D eigenvalue weighted by Gasteiger charge is -2.03. The highest BCUT2D eigenvalue weighted by Crippen LogP contribution is 2.19. The molecule has 0 unspecified atom stereocenters. The van der Waals surface area contributed by atoms with Gasteiger partial charge in [0.2, 0.25) is 0 Å². The van der Waals surface area contributed by atoms with Gasteiger partial charge in [-0.25, -0.2) is 4.39 Å². The second kappa shape index (κ2) is 4.55. The summed E-state index contributed by atoms with van der Waals surface area (Å²) in [5.41, 5.74) is 6.14. The first-order chi connectivity index (χ1) is 7.56. The van der Waals surface area contributed by atoms with Crippen LogP contribution < -0.4 is 5.73 Å². The first kappa shape index (κ1) is 11.6. The van der Waals surface area contributed by atoms with Gasteiger partial charge in [-0.3, -0.25) is 4.68 Å². The number of rotatable bonds is 2. The fraction of sp³-hybridized carbons (Fsp3) is 0.100. The molecule has 2 aromatic rings. The predicted molar refractivity (Wildman–Crippen MR) is 67.5 cm³/mol. The van der Waals surface area contributed by atoms with Gasteiger partial charge in [0.25, 0.3) is 0 Å². The molecule has 0 bridgehead atoms. The minimum Gasteiger partial charge on any atom is -0.381 e. The van der Waals surface area contributed by atoms with Crippen molar-refractivity contribution in [2.24, 2.45) is 0 Å². The van der Waals surface area contributed by atoms with Crippen molar-refractivity contribution in [3.63, 3.8) is 0 Å². The first-order valence-electron chi connectivity index (χ1n) is 4.48. The molecule has 6 heteroatoms. The molecular formula is C10H8Br2FN3. The van der Waals surface area contributed by atoms with Crippen molar-refractivity contribution in [3.05, 3.63) is 44.7 Å². The van der Waals surface area contributed by atoms with Gasteiger partial charge in [0.15, 0.2) is 5.82 Å². The molecule has 0 fully saturated rings. The highest BCUT2D eigenvalue weighted by molar-refractivity contribution is 9.10.